The molecule has 1 aromatic heterocycles. The summed E-state index contributed by atoms with van der Waals surface area (Å²) in [6.45, 7) is 3.51. The van der Waals surface area contributed by atoms with Crippen molar-refractivity contribution >= 4 is 21.6 Å². The van der Waals surface area contributed by atoms with E-state index >= 15 is 0 Å². The lowest BCUT2D eigenvalue weighted by atomic mass is 9.96. The van der Waals surface area contributed by atoms with Gasteiger partial charge in [0, 0.05) is 12.5 Å². The third kappa shape index (κ3) is 5.17. The molecule has 1 fully saturated rings. The molecule has 2 heterocycles. The number of carbonyl (C=O) groups is 1. The van der Waals surface area contributed by atoms with E-state index in [1.54, 1.807) is 24.6 Å². The summed E-state index contributed by atoms with van der Waals surface area (Å²) in [7, 11) is -3.10. The largest absolute Gasteiger partial charge is 0.416 e. The van der Waals surface area contributed by atoms with E-state index in [0.29, 0.717) is 23.5 Å². The first-order valence-corrected chi connectivity index (χ1v) is 11.0. The van der Waals surface area contributed by atoms with Gasteiger partial charge in [0.15, 0.2) is 9.84 Å². The molecule has 2 aromatic rings. The number of nitrogens with one attached hydrogen (secondary N) is 1. The monoisotopic (exact) mass is 429 g/mol. The summed E-state index contributed by atoms with van der Waals surface area (Å²) >= 11 is 0. The van der Waals surface area contributed by atoms with Gasteiger partial charge in [-0.2, -0.15) is 18.3 Å². The standard InChI is InChI=1S/C19H22F3N3O3S/c1-12(14-3-5-15(6-4-14)19(20,21)22)9-18(26)23-17-10-13(2)24-25(17)16-7-8-29(27,28)11-16/h3-6,10,12,16H,7-9,11H2,1-2H3,(H,23,26). The minimum Gasteiger partial charge on any atom is -0.311 e. The lowest BCUT2D eigenvalue weighted by molar-refractivity contribution is -0.137. The lowest BCUT2D eigenvalue weighted by Gasteiger charge is -2.16. The maximum Gasteiger partial charge on any atom is 0.416 e. The summed E-state index contributed by atoms with van der Waals surface area (Å²) in [5.41, 5.74) is 0.545. The zero-order valence-corrected chi connectivity index (χ0v) is 16.8. The van der Waals surface area contributed by atoms with E-state index in [9.17, 15) is 26.4 Å². The van der Waals surface area contributed by atoms with E-state index in [2.05, 4.69) is 10.4 Å². The van der Waals surface area contributed by atoms with E-state index in [4.69, 9.17) is 0 Å². The highest BCUT2D eigenvalue weighted by Crippen LogP contribution is 2.31. The molecule has 1 aliphatic heterocycles. The van der Waals surface area contributed by atoms with E-state index < -0.39 is 21.6 Å². The summed E-state index contributed by atoms with van der Waals surface area (Å²) in [6.07, 6.45) is -3.89. The molecule has 1 amide bonds. The third-order valence-electron chi connectivity index (χ3n) is 4.98. The molecule has 1 aromatic carbocycles. The van der Waals surface area contributed by atoms with Gasteiger partial charge >= 0.3 is 6.18 Å². The number of alkyl halides is 3. The van der Waals surface area contributed by atoms with Crippen molar-refractivity contribution in [1.29, 1.82) is 0 Å². The quantitative estimate of drug-likeness (QED) is 0.786. The predicted octanol–water partition coefficient (Wildman–Crippen LogP) is 3.70. The molecule has 1 aliphatic rings. The van der Waals surface area contributed by atoms with Crippen LogP contribution < -0.4 is 5.32 Å². The fourth-order valence-corrected chi connectivity index (χ4v) is 5.14. The van der Waals surface area contributed by atoms with Crippen LogP contribution >= 0.6 is 0 Å². The van der Waals surface area contributed by atoms with Gasteiger partial charge in [0.2, 0.25) is 5.91 Å². The molecule has 3 rings (SSSR count). The number of anilines is 1. The molecule has 29 heavy (non-hydrogen) atoms. The molecule has 10 heteroatoms. The van der Waals surface area contributed by atoms with Crippen molar-refractivity contribution in [3.63, 3.8) is 0 Å². The first-order chi connectivity index (χ1) is 13.4. The number of halogens is 3. The zero-order valence-electron chi connectivity index (χ0n) is 16.0. The second-order valence-corrected chi connectivity index (χ2v) is 9.67. The Morgan fingerprint density at radius 1 is 1.31 bits per heavy atom. The number of rotatable bonds is 5. The highest BCUT2D eigenvalue weighted by atomic mass is 32.2. The number of carbonyl (C=O) groups excluding carboxylic acids is 1. The van der Waals surface area contributed by atoms with Crippen LogP contribution in [-0.2, 0) is 20.8 Å². The van der Waals surface area contributed by atoms with Gasteiger partial charge in [0.05, 0.1) is 28.8 Å². The van der Waals surface area contributed by atoms with Crippen LogP contribution in [0.1, 0.15) is 48.5 Å². The van der Waals surface area contributed by atoms with Gasteiger partial charge < -0.3 is 5.32 Å². The number of hydrogen-bond donors (Lipinski definition) is 1. The number of aromatic nitrogens is 2. The van der Waals surface area contributed by atoms with Crippen LogP contribution in [0.2, 0.25) is 0 Å². The number of sulfone groups is 1. The van der Waals surface area contributed by atoms with Crippen LogP contribution in [0.25, 0.3) is 0 Å². The molecule has 0 saturated carbocycles. The topological polar surface area (TPSA) is 81.1 Å². The normalized spacial score (nSPS) is 19.8. The summed E-state index contributed by atoms with van der Waals surface area (Å²) in [6, 6.07) is 6.10. The van der Waals surface area contributed by atoms with Crippen LogP contribution in [0.5, 0.6) is 0 Å². The lowest BCUT2D eigenvalue weighted by Crippen LogP contribution is -2.20. The Kier molecular flexibility index (Phi) is 5.75. The highest BCUT2D eigenvalue weighted by Gasteiger charge is 2.32. The predicted molar refractivity (Wildman–Crippen MR) is 102 cm³/mol. The van der Waals surface area contributed by atoms with Crippen LogP contribution in [0.3, 0.4) is 0 Å². The average molecular weight is 429 g/mol. The molecule has 0 spiro atoms. The molecular weight excluding hydrogens is 407 g/mol. The van der Waals surface area contributed by atoms with E-state index in [1.165, 1.54) is 12.1 Å². The first kappa shape index (κ1) is 21.4. The van der Waals surface area contributed by atoms with Gasteiger partial charge in [-0.3, -0.25) is 4.79 Å². The van der Waals surface area contributed by atoms with Crippen molar-refractivity contribution in [2.24, 2.45) is 0 Å². The second kappa shape index (κ2) is 7.81. The number of nitrogens with zero attached hydrogens (tertiary/aromatic N) is 2. The maximum absolute atomic E-state index is 12.7. The molecule has 0 aliphatic carbocycles. The third-order valence-corrected chi connectivity index (χ3v) is 6.73. The molecule has 0 radical (unpaired) electrons. The Bertz CT molecular complexity index is 998. The molecule has 1 saturated heterocycles. The second-order valence-electron chi connectivity index (χ2n) is 7.45. The molecule has 2 atom stereocenters. The number of aryl methyl sites for hydroxylation is 1. The van der Waals surface area contributed by atoms with Gasteiger partial charge in [0.25, 0.3) is 0 Å². The Balaban J connectivity index is 1.67. The molecule has 1 N–H and O–H groups in total. The Labute approximate surface area is 167 Å². The Morgan fingerprint density at radius 3 is 2.52 bits per heavy atom. The Morgan fingerprint density at radius 2 is 1.97 bits per heavy atom. The molecule has 158 valence electrons. The number of amides is 1. The van der Waals surface area contributed by atoms with Gasteiger partial charge in [-0.05, 0) is 37.0 Å². The van der Waals surface area contributed by atoms with E-state index in [0.717, 1.165) is 12.1 Å². The van der Waals surface area contributed by atoms with Crippen LogP contribution in [0.15, 0.2) is 30.3 Å². The Hall–Kier alpha value is -2.36. The van der Waals surface area contributed by atoms with Crippen LogP contribution in [0, 0.1) is 6.92 Å². The number of benzene rings is 1. The number of hydrogen-bond acceptors (Lipinski definition) is 4. The van der Waals surface area contributed by atoms with Crippen molar-refractivity contribution in [3.05, 3.63) is 47.2 Å². The summed E-state index contributed by atoms with van der Waals surface area (Å²) in [5.74, 6) is -0.108. The first-order valence-electron chi connectivity index (χ1n) is 9.18. The van der Waals surface area contributed by atoms with E-state index in [1.807, 2.05) is 0 Å². The summed E-state index contributed by atoms with van der Waals surface area (Å²) in [4.78, 5) is 12.5. The minimum atomic E-state index is -4.40. The van der Waals surface area contributed by atoms with Gasteiger partial charge in [-0.15, -0.1) is 0 Å². The van der Waals surface area contributed by atoms with E-state index in [-0.39, 0.29) is 35.8 Å². The van der Waals surface area contributed by atoms with Crippen molar-refractivity contribution in [1.82, 2.24) is 9.78 Å². The molecular formula is C19H22F3N3O3S. The summed E-state index contributed by atoms with van der Waals surface area (Å²) < 4.78 is 63.1. The molecule has 6 nitrogen and oxygen atoms in total. The SMILES string of the molecule is Cc1cc(NC(=O)CC(C)c2ccc(C(F)(F)F)cc2)n(C2CCS(=O)(=O)C2)n1. The minimum absolute atomic E-state index is 0.0149. The zero-order chi connectivity index (χ0) is 21.4. The smallest absolute Gasteiger partial charge is 0.311 e. The molecule has 2 unspecified atom stereocenters. The van der Waals surface area contributed by atoms with Crippen molar-refractivity contribution in [3.8, 4) is 0 Å². The maximum atomic E-state index is 12.7. The van der Waals surface area contributed by atoms with Crippen molar-refractivity contribution in [2.45, 2.75) is 44.8 Å². The van der Waals surface area contributed by atoms with Crippen LogP contribution in [-0.4, -0.2) is 35.6 Å². The van der Waals surface area contributed by atoms with Gasteiger partial charge in [-0.25, -0.2) is 13.1 Å². The fraction of sp³-hybridized carbons (Fsp3) is 0.474. The van der Waals surface area contributed by atoms with Crippen molar-refractivity contribution in [2.75, 3.05) is 16.8 Å². The van der Waals surface area contributed by atoms with Gasteiger partial charge in [-0.1, -0.05) is 19.1 Å². The fourth-order valence-electron chi connectivity index (χ4n) is 3.45. The molecule has 0 bridgehead atoms. The van der Waals surface area contributed by atoms with Gasteiger partial charge in [0.1, 0.15) is 5.82 Å². The average Bonchev–Trinajstić information content (AvgIpc) is 3.15. The highest BCUT2D eigenvalue weighted by molar-refractivity contribution is 7.91. The van der Waals surface area contributed by atoms with Crippen molar-refractivity contribution < 1.29 is 26.4 Å². The summed E-state index contributed by atoms with van der Waals surface area (Å²) in [5, 5.41) is 7.07. The van der Waals surface area contributed by atoms with Crippen LogP contribution in [0.4, 0.5) is 19.0 Å².